The zero-order chi connectivity index (χ0) is 13.1. The molecule has 0 aliphatic heterocycles. The molecule has 2 rings (SSSR count). The molecule has 0 bridgehead atoms. The Balaban J connectivity index is 2.06. The van der Waals surface area contributed by atoms with Gasteiger partial charge in [0, 0.05) is 28.0 Å². The second-order valence-corrected chi connectivity index (χ2v) is 6.12. The van der Waals surface area contributed by atoms with E-state index in [9.17, 15) is 5.11 Å². The number of rotatable bonds is 4. The molecule has 3 nitrogen and oxygen atoms in total. The van der Waals surface area contributed by atoms with Gasteiger partial charge in [0.2, 0.25) is 0 Å². The highest BCUT2D eigenvalue weighted by Gasteiger charge is 2.07. The molecule has 2 aromatic rings. The molecule has 1 N–H and O–H groups in total. The molecule has 0 amide bonds. The minimum atomic E-state index is -0.467. The van der Waals surface area contributed by atoms with Crippen LogP contribution in [0.2, 0.25) is 0 Å². The van der Waals surface area contributed by atoms with Gasteiger partial charge in [-0.05, 0) is 40.5 Å². The van der Waals surface area contributed by atoms with Crippen molar-refractivity contribution in [1.82, 2.24) is 4.98 Å². The smallest absolute Gasteiger partial charge is 0.128 e. The fourth-order valence-electron chi connectivity index (χ4n) is 1.62. The summed E-state index contributed by atoms with van der Waals surface area (Å²) in [6.45, 7) is 2.57. The van der Waals surface area contributed by atoms with E-state index in [4.69, 9.17) is 0 Å². The number of nitrogens with zero attached hydrogens (tertiary/aromatic N) is 2. The van der Waals surface area contributed by atoms with Crippen molar-refractivity contribution in [2.45, 2.75) is 19.6 Å². The summed E-state index contributed by atoms with van der Waals surface area (Å²) in [5.74, 6) is 0.906. The summed E-state index contributed by atoms with van der Waals surface area (Å²) in [7, 11) is 2.01. The van der Waals surface area contributed by atoms with Crippen LogP contribution in [-0.4, -0.2) is 17.1 Å². The van der Waals surface area contributed by atoms with Crippen molar-refractivity contribution < 1.29 is 5.11 Å². The molecule has 0 aliphatic rings. The summed E-state index contributed by atoms with van der Waals surface area (Å²) in [5, 5.41) is 11.5. The van der Waals surface area contributed by atoms with E-state index < -0.39 is 6.10 Å². The second kappa shape index (κ2) is 5.82. The van der Waals surface area contributed by atoms with Gasteiger partial charge < -0.3 is 10.0 Å². The molecule has 2 heterocycles. The predicted molar refractivity (Wildman–Crippen MR) is 79.0 cm³/mol. The molecule has 96 valence electrons. The fourth-order valence-corrected chi connectivity index (χ4v) is 3.13. The molecule has 0 spiro atoms. The van der Waals surface area contributed by atoms with Crippen molar-refractivity contribution >= 4 is 33.1 Å². The first-order valence-corrected chi connectivity index (χ1v) is 7.31. The number of hydrogen-bond acceptors (Lipinski definition) is 4. The molecule has 1 unspecified atom stereocenters. The van der Waals surface area contributed by atoms with E-state index in [2.05, 4.69) is 37.3 Å². The van der Waals surface area contributed by atoms with Gasteiger partial charge in [-0.2, -0.15) is 0 Å². The first-order chi connectivity index (χ1) is 8.56. The quantitative estimate of drug-likeness (QED) is 0.932. The first-order valence-electron chi connectivity index (χ1n) is 5.64. The van der Waals surface area contributed by atoms with Crippen LogP contribution in [0.4, 0.5) is 5.82 Å². The summed E-state index contributed by atoms with van der Waals surface area (Å²) >= 11 is 5.18. The van der Waals surface area contributed by atoms with E-state index >= 15 is 0 Å². The highest BCUT2D eigenvalue weighted by molar-refractivity contribution is 9.10. The van der Waals surface area contributed by atoms with Crippen LogP contribution in [0.1, 0.15) is 23.5 Å². The third kappa shape index (κ3) is 3.31. The lowest BCUT2D eigenvalue weighted by Gasteiger charge is -2.17. The Hall–Kier alpha value is -0.910. The zero-order valence-electron chi connectivity index (χ0n) is 10.3. The first kappa shape index (κ1) is 13.5. The zero-order valence-corrected chi connectivity index (χ0v) is 12.7. The normalized spacial score (nSPS) is 12.4. The minimum absolute atomic E-state index is 0.467. The molecule has 18 heavy (non-hydrogen) atoms. The number of thiophene rings is 1. The molecular weight excluding hydrogens is 312 g/mol. The van der Waals surface area contributed by atoms with E-state index in [0.717, 1.165) is 22.4 Å². The maximum atomic E-state index is 9.43. The lowest BCUT2D eigenvalue weighted by molar-refractivity contribution is 0.199. The number of anilines is 1. The standard InChI is InChI=1S/C13H15BrN2OS/c1-9(17)10-3-4-13(15-6-10)16(2)7-12-5-11(14)8-18-12/h3-6,8-9,17H,7H2,1-2H3. The maximum absolute atomic E-state index is 9.43. The number of pyridine rings is 1. The van der Waals surface area contributed by atoms with Gasteiger partial charge in [-0.1, -0.05) is 6.07 Å². The largest absolute Gasteiger partial charge is 0.389 e. The summed E-state index contributed by atoms with van der Waals surface area (Å²) in [6.07, 6.45) is 1.26. The number of aliphatic hydroxyl groups excluding tert-OH is 1. The van der Waals surface area contributed by atoms with Crippen LogP contribution in [0.5, 0.6) is 0 Å². The Bertz CT molecular complexity index is 510. The topological polar surface area (TPSA) is 36.4 Å². The van der Waals surface area contributed by atoms with Crippen LogP contribution in [0, 0.1) is 0 Å². The maximum Gasteiger partial charge on any atom is 0.128 e. The highest BCUT2D eigenvalue weighted by Crippen LogP contribution is 2.23. The van der Waals surface area contributed by atoms with Crippen molar-refractivity contribution in [3.8, 4) is 0 Å². The summed E-state index contributed by atoms with van der Waals surface area (Å²) < 4.78 is 1.12. The second-order valence-electron chi connectivity index (χ2n) is 4.21. The number of aliphatic hydroxyl groups is 1. The average Bonchev–Trinajstić information content (AvgIpc) is 2.75. The minimum Gasteiger partial charge on any atom is -0.389 e. The summed E-state index contributed by atoms with van der Waals surface area (Å²) in [4.78, 5) is 7.73. The van der Waals surface area contributed by atoms with Crippen molar-refractivity contribution in [3.63, 3.8) is 0 Å². The van der Waals surface area contributed by atoms with Gasteiger partial charge >= 0.3 is 0 Å². The predicted octanol–water partition coefficient (Wildman–Crippen LogP) is 3.60. The van der Waals surface area contributed by atoms with Crippen LogP contribution in [0.15, 0.2) is 34.2 Å². The van der Waals surface area contributed by atoms with Gasteiger partial charge in [0.15, 0.2) is 0 Å². The molecule has 5 heteroatoms. The number of hydrogen-bond donors (Lipinski definition) is 1. The van der Waals surface area contributed by atoms with E-state index in [0.29, 0.717) is 0 Å². The van der Waals surface area contributed by atoms with Crippen LogP contribution < -0.4 is 4.90 Å². The molecule has 0 saturated carbocycles. The van der Waals surface area contributed by atoms with Crippen molar-refractivity contribution in [3.05, 3.63) is 44.7 Å². The van der Waals surface area contributed by atoms with Crippen LogP contribution in [0.25, 0.3) is 0 Å². The van der Waals surface area contributed by atoms with Crippen LogP contribution >= 0.6 is 27.3 Å². The van der Waals surface area contributed by atoms with Crippen molar-refractivity contribution in [2.75, 3.05) is 11.9 Å². The molecule has 0 saturated heterocycles. The fraction of sp³-hybridized carbons (Fsp3) is 0.308. The lowest BCUT2D eigenvalue weighted by Crippen LogP contribution is -2.16. The van der Waals surface area contributed by atoms with Gasteiger partial charge in [-0.15, -0.1) is 11.3 Å². The van der Waals surface area contributed by atoms with Gasteiger partial charge in [-0.3, -0.25) is 0 Å². The number of halogens is 1. The van der Waals surface area contributed by atoms with Crippen LogP contribution in [-0.2, 0) is 6.54 Å². The molecule has 0 aliphatic carbocycles. The third-order valence-corrected chi connectivity index (χ3v) is 4.34. The van der Waals surface area contributed by atoms with E-state index in [-0.39, 0.29) is 0 Å². The Kier molecular flexibility index (Phi) is 4.37. The van der Waals surface area contributed by atoms with Crippen molar-refractivity contribution in [1.29, 1.82) is 0 Å². The van der Waals surface area contributed by atoms with Crippen molar-refractivity contribution in [2.24, 2.45) is 0 Å². The molecule has 1 atom stereocenters. The van der Waals surface area contributed by atoms with Crippen LogP contribution in [0.3, 0.4) is 0 Å². The monoisotopic (exact) mass is 326 g/mol. The van der Waals surface area contributed by atoms with Gasteiger partial charge in [-0.25, -0.2) is 4.98 Å². The van der Waals surface area contributed by atoms with Gasteiger partial charge in [0.25, 0.3) is 0 Å². The Morgan fingerprint density at radius 1 is 1.50 bits per heavy atom. The van der Waals surface area contributed by atoms with E-state index in [1.165, 1.54) is 4.88 Å². The molecule has 0 radical (unpaired) electrons. The Morgan fingerprint density at radius 3 is 2.78 bits per heavy atom. The lowest BCUT2D eigenvalue weighted by atomic mass is 10.2. The molecule has 0 fully saturated rings. The molecule has 0 aromatic carbocycles. The summed E-state index contributed by atoms with van der Waals surface area (Å²) in [5.41, 5.74) is 0.839. The number of aromatic nitrogens is 1. The summed E-state index contributed by atoms with van der Waals surface area (Å²) in [6, 6.07) is 5.96. The Labute approximate surface area is 119 Å². The Morgan fingerprint density at radius 2 is 2.28 bits per heavy atom. The van der Waals surface area contributed by atoms with E-state index in [1.54, 1.807) is 24.5 Å². The highest BCUT2D eigenvalue weighted by atomic mass is 79.9. The molecular formula is C13H15BrN2OS. The van der Waals surface area contributed by atoms with Gasteiger partial charge in [0.05, 0.1) is 12.6 Å². The van der Waals surface area contributed by atoms with E-state index in [1.807, 2.05) is 19.2 Å². The van der Waals surface area contributed by atoms with Gasteiger partial charge in [0.1, 0.15) is 5.82 Å². The molecule has 2 aromatic heterocycles. The average molecular weight is 327 g/mol. The third-order valence-electron chi connectivity index (χ3n) is 2.66. The SMILES string of the molecule is CC(O)c1ccc(N(C)Cc2cc(Br)cs2)nc1.